The minimum atomic E-state index is -3.95. The molecule has 11 nitrogen and oxygen atoms in total. The fourth-order valence-electron chi connectivity index (χ4n) is 4.95. The molecule has 2 amide bonds. The van der Waals surface area contributed by atoms with Crippen molar-refractivity contribution in [3.8, 4) is 10.4 Å². The van der Waals surface area contributed by atoms with E-state index in [-0.39, 0.29) is 29.5 Å². The van der Waals surface area contributed by atoms with E-state index in [1.807, 2.05) is 19.9 Å². The summed E-state index contributed by atoms with van der Waals surface area (Å²) in [5.74, 6) is 0.247. The number of sulfonamides is 1. The molecular formula is C30H42N6O5S2. The average Bonchev–Trinajstić information content (AvgIpc) is 3.41. The second-order valence-electron chi connectivity index (χ2n) is 12.1. The number of anilines is 1. The highest BCUT2D eigenvalue weighted by Crippen LogP contribution is 2.40. The number of rotatable bonds is 11. The zero-order valence-corrected chi connectivity index (χ0v) is 26.9. The van der Waals surface area contributed by atoms with Crippen LogP contribution in [0.1, 0.15) is 76.8 Å². The zero-order valence-electron chi connectivity index (χ0n) is 25.3. The average molecular weight is 631 g/mol. The van der Waals surface area contributed by atoms with Crippen molar-refractivity contribution in [3.63, 3.8) is 0 Å². The van der Waals surface area contributed by atoms with Gasteiger partial charge < -0.3 is 20.5 Å². The number of urea groups is 1. The van der Waals surface area contributed by atoms with Gasteiger partial charge in [-0.25, -0.2) is 22.9 Å². The third kappa shape index (κ3) is 9.78. The minimum Gasteiger partial charge on any atom is -0.356 e. The molecule has 1 fully saturated rings. The molecule has 234 valence electrons. The molecule has 5 N–H and O–H groups in total. The van der Waals surface area contributed by atoms with Gasteiger partial charge in [0.1, 0.15) is 0 Å². The molecule has 2 aromatic heterocycles. The first-order valence-corrected chi connectivity index (χ1v) is 16.8. The molecule has 0 radical (unpaired) electrons. The fourth-order valence-corrected chi connectivity index (χ4v) is 7.81. The van der Waals surface area contributed by atoms with Crippen LogP contribution in [-0.4, -0.2) is 53.6 Å². The number of benzene rings is 1. The van der Waals surface area contributed by atoms with Crippen molar-refractivity contribution in [2.45, 2.75) is 102 Å². The standard InChI is InChI=1S/C30H42N6O5S2/c1-19(2)41-29(38)35-22-10-8-21(9-11-22)27-32-18-25(42-27)24-13-12-23(15-26(24)43(39,40)36-30(3,4)5)34-28(37)33-17-20-7-6-14-31-16-20/h6-7,12-16,18-19,21-22,29,35-36,38H,8-11,17H2,1-5H3,(H2,33,34,37). The molecule has 13 heteroatoms. The van der Waals surface area contributed by atoms with Gasteiger partial charge in [-0.1, -0.05) is 12.1 Å². The van der Waals surface area contributed by atoms with Crippen LogP contribution in [0.5, 0.6) is 0 Å². The molecule has 0 spiro atoms. The molecule has 43 heavy (non-hydrogen) atoms. The van der Waals surface area contributed by atoms with Crippen molar-refractivity contribution in [2.75, 3.05) is 5.32 Å². The lowest BCUT2D eigenvalue weighted by molar-refractivity contribution is -0.150. The van der Waals surface area contributed by atoms with Crippen molar-refractivity contribution >= 4 is 33.1 Å². The smallest absolute Gasteiger partial charge is 0.319 e. The summed E-state index contributed by atoms with van der Waals surface area (Å²) in [6, 6.07) is 8.22. The van der Waals surface area contributed by atoms with E-state index in [4.69, 9.17) is 4.74 Å². The maximum Gasteiger partial charge on any atom is 0.319 e. The van der Waals surface area contributed by atoms with Crippen LogP contribution in [0.15, 0.2) is 53.8 Å². The topological polar surface area (TPSA) is 155 Å². The first-order valence-electron chi connectivity index (χ1n) is 14.5. The highest BCUT2D eigenvalue weighted by Gasteiger charge is 2.29. The van der Waals surface area contributed by atoms with E-state index in [0.717, 1.165) is 41.1 Å². The highest BCUT2D eigenvalue weighted by atomic mass is 32.2. The van der Waals surface area contributed by atoms with Crippen LogP contribution in [0.2, 0.25) is 0 Å². The summed E-state index contributed by atoms with van der Waals surface area (Å²) >= 11 is 1.49. The van der Waals surface area contributed by atoms with Crippen LogP contribution in [0.4, 0.5) is 10.5 Å². The molecule has 1 unspecified atom stereocenters. The monoisotopic (exact) mass is 630 g/mol. The lowest BCUT2D eigenvalue weighted by atomic mass is 9.86. The maximum absolute atomic E-state index is 13.6. The second-order valence-corrected chi connectivity index (χ2v) is 14.8. The van der Waals surface area contributed by atoms with Gasteiger partial charge in [0.15, 0.2) is 0 Å². The van der Waals surface area contributed by atoms with E-state index < -0.39 is 28.0 Å². The number of nitrogens with one attached hydrogen (secondary N) is 4. The summed E-state index contributed by atoms with van der Waals surface area (Å²) in [5.41, 5.74) is 1.00. The lowest BCUT2D eigenvalue weighted by Crippen LogP contribution is -2.42. The molecule has 3 aromatic rings. The number of pyridine rings is 1. The Morgan fingerprint density at radius 2 is 1.88 bits per heavy atom. The van der Waals surface area contributed by atoms with Crippen molar-refractivity contribution in [3.05, 3.63) is 59.5 Å². The summed E-state index contributed by atoms with van der Waals surface area (Å²) in [5, 5.41) is 19.7. The number of aliphatic hydroxyl groups excluding tert-OH is 1. The van der Waals surface area contributed by atoms with Crippen molar-refractivity contribution in [2.24, 2.45) is 0 Å². The first kappa shape index (κ1) is 33.0. The molecule has 0 aliphatic heterocycles. The van der Waals surface area contributed by atoms with Gasteiger partial charge in [0.05, 0.1) is 20.9 Å². The van der Waals surface area contributed by atoms with Gasteiger partial charge in [-0.05, 0) is 84.1 Å². The second kappa shape index (κ2) is 14.2. The number of carbonyl (C=O) groups excluding carboxylic acids is 1. The maximum atomic E-state index is 13.6. The third-order valence-corrected chi connectivity index (χ3v) is 9.78. The van der Waals surface area contributed by atoms with Crippen LogP contribution in [0.3, 0.4) is 0 Å². The quantitative estimate of drug-likeness (QED) is 0.187. The Kier molecular flexibility index (Phi) is 10.9. The van der Waals surface area contributed by atoms with Crippen LogP contribution >= 0.6 is 11.3 Å². The predicted octanol–water partition coefficient (Wildman–Crippen LogP) is 4.92. The Labute approximate surface area is 257 Å². The van der Waals surface area contributed by atoms with Gasteiger partial charge in [-0.2, -0.15) is 0 Å². The number of ether oxygens (including phenoxy) is 1. The fraction of sp³-hybridized carbons (Fsp3) is 0.500. The van der Waals surface area contributed by atoms with Gasteiger partial charge in [0, 0.05) is 53.9 Å². The summed E-state index contributed by atoms with van der Waals surface area (Å²) in [6.45, 7) is 9.38. The number of amides is 2. The third-order valence-electron chi connectivity index (χ3n) is 6.79. The van der Waals surface area contributed by atoms with Crippen LogP contribution in [-0.2, 0) is 21.3 Å². The molecule has 1 aliphatic carbocycles. The zero-order chi connectivity index (χ0) is 31.2. The van der Waals surface area contributed by atoms with E-state index >= 15 is 0 Å². The lowest BCUT2D eigenvalue weighted by Gasteiger charge is -2.30. The van der Waals surface area contributed by atoms with E-state index in [0.29, 0.717) is 11.3 Å². The number of hydrogen-bond donors (Lipinski definition) is 5. The predicted molar refractivity (Wildman–Crippen MR) is 168 cm³/mol. The van der Waals surface area contributed by atoms with E-state index in [2.05, 4.69) is 30.6 Å². The highest BCUT2D eigenvalue weighted by molar-refractivity contribution is 7.89. The summed E-state index contributed by atoms with van der Waals surface area (Å²) in [4.78, 5) is 22.1. The van der Waals surface area contributed by atoms with Gasteiger partial charge in [0.2, 0.25) is 16.4 Å². The number of hydrogen-bond acceptors (Lipinski definition) is 9. The molecule has 2 heterocycles. The number of aliphatic hydroxyl groups is 1. The van der Waals surface area contributed by atoms with E-state index in [1.54, 1.807) is 57.6 Å². The first-order chi connectivity index (χ1) is 20.3. The van der Waals surface area contributed by atoms with Gasteiger partial charge in [0.25, 0.3) is 0 Å². The van der Waals surface area contributed by atoms with Crippen molar-refractivity contribution in [1.29, 1.82) is 0 Å². The summed E-state index contributed by atoms with van der Waals surface area (Å²) in [7, 11) is -3.95. The summed E-state index contributed by atoms with van der Waals surface area (Å²) < 4.78 is 35.3. The van der Waals surface area contributed by atoms with Gasteiger partial charge in [-0.15, -0.1) is 11.3 Å². The van der Waals surface area contributed by atoms with Gasteiger partial charge in [-0.3, -0.25) is 10.3 Å². The van der Waals surface area contributed by atoms with Crippen LogP contribution in [0.25, 0.3) is 10.4 Å². The minimum absolute atomic E-state index is 0.0646. The molecule has 1 aliphatic rings. The molecular weight excluding hydrogens is 589 g/mol. The molecule has 1 atom stereocenters. The Balaban J connectivity index is 1.50. The van der Waals surface area contributed by atoms with Crippen molar-refractivity contribution in [1.82, 2.24) is 25.3 Å². The number of aromatic nitrogens is 2. The normalized spacial score (nSPS) is 18.4. The molecule has 0 saturated heterocycles. The molecule has 4 rings (SSSR count). The molecule has 0 bridgehead atoms. The van der Waals surface area contributed by atoms with Gasteiger partial charge >= 0.3 is 6.03 Å². The van der Waals surface area contributed by atoms with Crippen LogP contribution < -0.4 is 20.7 Å². The van der Waals surface area contributed by atoms with Crippen LogP contribution in [0, 0.1) is 0 Å². The Morgan fingerprint density at radius 3 is 2.53 bits per heavy atom. The molecule has 1 aromatic carbocycles. The molecule has 1 saturated carbocycles. The van der Waals surface area contributed by atoms with Crippen molar-refractivity contribution < 1.29 is 23.1 Å². The Bertz CT molecular complexity index is 1470. The number of nitrogens with zero attached hydrogens (tertiary/aromatic N) is 2. The van der Waals surface area contributed by atoms with E-state index in [9.17, 15) is 18.3 Å². The Morgan fingerprint density at radius 1 is 1.14 bits per heavy atom. The Hall–Kier alpha value is -2.94. The van der Waals surface area contributed by atoms with E-state index in [1.165, 1.54) is 17.4 Å². The number of carbonyl (C=O) groups is 1. The SMILES string of the molecule is CC(C)OC(O)NC1CCC(c2ncc(-c3ccc(NC(=O)NCc4cccnc4)cc3S(=O)(=O)NC(C)(C)C)s2)CC1. The largest absolute Gasteiger partial charge is 0.356 e. The summed E-state index contributed by atoms with van der Waals surface area (Å²) in [6.07, 6.45) is 7.52. The number of thiazole rings is 1.